The molecule has 32 heavy (non-hydrogen) atoms. The van der Waals surface area contributed by atoms with Crippen LogP contribution in [0.25, 0.3) is 10.6 Å². The first-order chi connectivity index (χ1) is 15.4. The minimum Gasteiger partial charge on any atom is -0.495 e. The van der Waals surface area contributed by atoms with Gasteiger partial charge < -0.3 is 15.0 Å². The number of aromatic nitrogens is 1. The quantitative estimate of drug-likeness (QED) is 0.545. The summed E-state index contributed by atoms with van der Waals surface area (Å²) in [5.74, 6) is 0.104. The Kier molecular flexibility index (Phi) is 6.91. The zero-order chi connectivity index (χ0) is 22.7. The van der Waals surface area contributed by atoms with Gasteiger partial charge >= 0.3 is 0 Å². The van der Waals surface area contributed by atoms with Crippen molar-refractivity contribution >= 4 is 44.3 Å². The van der Waals surface area contributed by atoms with Crippen LogP contribution >= 0.6 is 22.7 Å². The van der Waals surface area contributed by atoms with Crippen molar-refractivity contribution in [2.45, 2.75) is 11.3 Å². The fraction of sp³-hybridized carbons (Fsp3) is 0.333. The first kappa shape index (κ1) is 22.9. The molecule has 0 saturated carbocycles. The van der Waals surface area contributed by atoms with Crippen molar-refractivity contribution in [2.24, 2.45) is 0 Å². The molecule has 0 aliphatic carbocycles. The molecule has 4 rings (SSSR count). The number of nitrogens with one attached hydrogen (secondary N) is 1. The molecular weight excluding hydrogens is 468 g/mol. The van der Waals surface area contributed by atoms with E-state index in [9.17, 15) is 13.2 Å². The molecule has 1 amide bonds. The van der Waals surface area contributed by atoms with Crippen molar-refractivity contribution in [3.05, 3.63) is 46.1 Å². The van der Waals surface area contributed by atoms with Crippen LogP contribution in [0.1, 0.15) is 5.69 Å². The van der Waals surface area contributed by atoms with Gasteiger partial charge in [0, 0.05) is 42.5 Å². The number of carbonyl (C=O) groups excluding carboxylic acids is 1. The Morgan fingerprint density at radius 1 is 1.19 bits per heavy atom. The second-order valence-electron chi connectivity index (χ2n) is 7.45. The van der Waals surface area contributed by atoms with Crippen LogP contribution in [-0.4, -0.2) is 68.9 Å². The molecule has 1 aliphatic rings. The van der Waals surface area contributed by atoms with Crippen molar-refractivity contribution in [1.82, 2.24) is 14.2 Å². The van der Waals surface area contributed by atoms with E-state index in [4.69, 9.17) is 4.74 Å². The molecule has 3 aromatic rings. The average molecular weight is 493 g/mol. The maximum Gasteiger partial charge on any atom is 0.243 e. The van der Waals surface area contributed by atoms with Crippen LogP contribution in [-0.2, 0) is 21.2 Å². The molecular formula is C21H24N4O4S3. The van der Waals surface area contributed by atoms with Gasteiger partial charge in [-0.3, -0.25) is 4.79 Å². The molecule has 0 atom stereocenters. The number of rotatable bonds is 7. The maximum atomic E-state index is 13.1. The second-order valence-corrected chi connectivity index (χ2v) is 11.0. The third kappa shape index (κ3) is 5.02. The lowest BCUT2D eigenvalue weighted by molar-refractivity contribution is -0.115. The van der Waals surface area contributed by atoms with E-state index in [1.807, 2.05) is 29.3 Å². The van der Waals surface area contributed by atoms with Crippen LogP contribution in [0.3, 0.4) is 0 Å². The monoisotopic (exact) mass is 492 g/mol. The molecule has 1 aromatic carbocycles. The fourth-order valence-corrected chi connectivity index (χ4v) is 6.37. The summed E-state index contributed by atoms with van der Waals surface area (Å²) in [5.41, 5.74) is 2.02. The number of hydrogen-bond donors (Lipinski definition) is 1. The Labute approximate surface area is 195 Å². The maximum absolute atomic E-state index is 13.1. The number of anilines is 1. The van der Waals surface area contributed by atoms with Crippen molar-refractivity contribution in [3.63, 3.8) is 0 Å². The van der Waals surface area contributed by atoms with Gasteiger partial charge in [0.25, 0.3) is 0 Å². The smallest absolute Gasteiger partial charge is 0.243 e. The van der Waals surface area contributed by atoms with E-state index in [-0.39, 0.29) is 17.2 Å². The highest BCUT2D eigenvalue weighted by Gasteiger charge is 2.28. The molecule has 0 radical (unpaired) electrons. The zero-order valence-corrected chi connectivity index (χ0v) is 20.2. The van der Waals surface area contributed by atoms with Gasteiger partial charge in [-0.25, -0.2) is 13.4 Å². The molecule has 3 heterocycles. The highest BCUT2D eigenvalue weighted by atomic mass is 32.2. The van der Waals surface area contributed by atoms with E-state index < -0.39 is 10.0 Å². The third-order valence-electron chi connectivity index (χ3n) is 5.21. The zero-order valence-electron chi connectivity index (χ0n) is 17.8. The lowest BCUT2D eigenvalue weighted by Gasteiger charge is -2.31. The number of piperazine rings is 1. The van der Waals surface area contributed by atoms with Crippen molar-refractivity contribution in [2.75, 3.05) is 45.7 Å². The first-order valence-corrected chi connectivity index (χ1v) is 13.3. The number of thiazole rings is 1. The largest absolute Gasteiger partial charge is 0.495 e. The molecule has 2 aromatic heterocycles. The van der Waals surface area contributed by atoms with E-state index in [0.29, 0.717) is 43.3 Å². The Balaban J connectivity index is 1.49. The van der Waals surface area contributed by atoms with Crippen molar-refractivity contribution < 1.29 is 17.9 Å². The molecule has 1 saturated heterocycles. The summed E-state index contributed by atoms with van der Waals surface area (Å²) in [6.45, 7) is 2.23. The van der Waals surface area contributed by atoms with E-state index in [1.54, 1.807) is 17.4 Å². The summed E-state index contributed by atoms with van der Waals surface area (Å²) in [6.07, 6.45) is 0.0826. The summed E-state index contributed by atoms with van der Waals surface area (Å²) in [6, 6.07) is 6.53. The van der Waals surface area contributed by atoms with E-state index >= 15 is 0 Å². The van der Waals surface area contributed by atoms with Crippen molar-refractivity contribution in [1.29, 1.82) is 0 Å². The molecule has 0 bridgehead atoms. The molecule has 0 spiro atoms. The average Bonchev–Trinajstić information content (AvgIpc) is 3.46. The summed E-state index contributed by atoms with van der Waals surface area (Å²) >= 11 is 3.08. The van der Waals surface area contributed by atoms with Crippen molar-refractivity contribution in [3.8, 4) is 16.3 Å². The van der Waals surface area contributed by atoms with Crippen LogP contribution in [0.15, 0.2) is 45.3 Å². The predicted molar refractivity (Wildman–Crippen MR) is 127 cm³/mol. The van der Waals surface area contributed by atoms with Crippen LogP contribution < -0.4 is 10.1 Å². The summed E-state index contributed by atoms with van der Waals surface area (Å²) < 4.78 is 33.0. The van der Waals surface area contributed by atoms with Gasteiger partial charge in [0.15, 0.2) is 0 Å². The number of sulfonamides is 1. The van der Waals surface area contributed by atoms with Crippen LogP contribution in [0.2, 0.25) is 0 Å². The van der Waals surface area contributed by atoms with Gasteiger partial charge in [-0.15, -0.1) is 11.3 Å². The van der Waals surface area contributed by atoms with Gasteiger partial charge in [0.2, 0.25) is 15.9 Å². The number of carbonyl (C=O) groups is 1. The highest BCUT2D eigenvalue weighted by molar-refractivity contribution is 7.89. The van der Waals surface area contributed by atoms with Gasteiger partial charge in [-0.05, 0) is 36.7 Å². The Bertz CT molecular complexity index is 1180. The topological polar surface area (TPSA) is 91.8 Å². The fourth-order valence-electron chi connectivity index (χ4n) is 3.39. The lowest BCUT2D eigenvalue weighted by atomic mass is 10.2. The molecule has 1 aliphatic heterocycles. The Morgan fingerprint density at radius 2 is 1.97 bits per heavy atom. The highest BCUT2D eigenvalue weighted by Crippen LogP contribution is 2.30. The number of likely N-dealkylation sites (N-methyl/N-ethyl adjacent to an activating group) is 1. The van der Waals surface area contributed by atoms with Gasteiger partial charge in [0.05, 0.1) is 29.8 Å². The minimum absolute atomic E-state index is 0.0826. The molecule has 11 heteroatoms. The minimum atomic E-state index is -3.66. The van der Waals surface area contributed by atoms with Crippen LogP contribution in [0.4, 0.5) is 5.69 Å². The standard InChI is InChI=1S/C21H24N4O4S3/c1-24-6-8-25(9-7-24)32(27,28)17-3-4-19(29-2)18(12-17)23-20(26)11-16-14-31-21(22-16)15-5-10-30-13-15/h3-5,10,12-14H,6-9,11H2,1-2H3,(H,23,26). The SMILES string of the molecule is COc1ccc(S(=O)(=O)N2CCN(C)CC2)cc1NC(=O)Cc1csc(-c2ccsc2)n1. The van der Waals surface area contributed by atoms with E-state index in [2.05, 4.69) is 15.2 Å². The molecule has 8 nitrogen and oxygen atoms in total. The van der Waals surface area contributed by atoms with Gasteiger partial charge in [-0.2, -0.15) is 15.6 Å². The van der Waals surface area contributed by atoms with Gasteiger partial charge in [-0.1, -0.05) is 0 Å². The normalized spacial score (nSPS) is 15.6. The summed E-state index contributed by atoms with van der Waals surface area (Å²) in [7, 11) is -0.211. The van der Waals surface area contributed by atoms with Gasteiger partial charge in [0.1, 0.15) is 10.8 Å². The third-order valence-corrected chi connectivity index (χ3v) is 8.72. The first-order valence-electron chi connectivity index (χ1n) is 10.0. The molecule has 1 fully saturated rings. The van der Waals surface area contributed by atoms with Crippen LogP contribution in [0, 0.1) is 0 Å². The second kappa shape index (κ2) is 9.67. The predicted octanol–water partition coefficient (Wildman–Crippen LogP) is 3.00. The number of methoxy groups -OCH3 is 1. The number of thiophene rings is 1. The summed E-state index contributed by atoms with van der Waals surface area (Å²) in [4.78, 5) is 19.4. The lowest BCUT2D eigenvalue weighted by Crippen LogP contribution is -2.47. The molecule has 0 unspecified atom stereocenters. The number of ether oxygens (including phenoxy) is 1. The Morgan fingerprint density at radius 3 is 2.66 bits per heavy atom. The number of amides is 1. The number of hydrogen-bond acceptors (Lipinski definition) is 8. The summed E-state index contributed by atoms with van der Waals surface area (Å²) in [5, 5.41) is 9.51. The van der Waals surface area contributed by atoms with E-state index in [0.717, 1.165) is 10.6 Å². The van der Waals surface area contributed by atoms with Crippen LogP contribution in [0.5, 0.6) is 5.75 Å². The van der Waals surface area contributed by atoms with E-state index in [1.165, 1.54) is 34.9 Å². The number of nitrogens with zero attached hydrogens (tertiary/aromatic N) is 3. The molecule has 170 valence electrons. The molecule has 1 N–H and O–H groups in total. The number of benzene rings is 1. The Hall–Kier alpha value is -2.31.